The van der Waals surface area contributed by atoms with E-state index >= 15 is 0 Å². The summed E-state index contributed by atoms with van der Waals surface area (Å²) in [4.78, 5) is 14.1. The highest BCUT2D eigenvalue weighted by atomic mass is 35.5. The first-order valence-corrected chi connectivity index (χ1v) is 11.1. The van der Waals surface area contributed by atoms with Crippen LogP contribution in [0.2, 0.25) is 5.02 Å². The number of carbonyl (C=O) groups is 1. The zero-order valence-electron chi connectivity index (χ0n) is 16.7. The van der Waals surface area contributed by atoms with Crippen LogP contribution >= 0.6 is 22.9 Å². The Morgan fingerprint density at radius 3 is 2.55 bits per heavy atom. The molecule has 4 rings (SSSR count). The van der Waals surface area contributed by atoms with Crippen molar-refractivity contribution in [2.24, 2.45) is 5.73 Å². The van der Waals surface area contributed by atoms with Crippen LogP contribution in [0, 0.1) is 5.41 Å². The van der Waals surface area contributed by atoms with Crippen molar-refractivity contribution in [2.45, 2.75) is 18.4 Å². The van der Waals surface area contributed by atoms with Crippen LogP contribution in [-0.4, -0.2) is 30.6 Å². The van der Waals surface area contributed by atoms with Gasteiger partial charge < -0.3 is 20.5 Å². The maximum absolute atomic E-state index is 13.3. The Morgan fingerprint density at radius 2 is 1.87 bits per heavy atom. The summed E-state index contributed by atoms with van der Waals surface area (Å²) in [7, 11) is 0. The molecule has 8 heteroatoms. The van der Waals surface area contributed by atoms with Crippen LogP contribution in [0.4, 0.5) is 5.69 Å². The standard InChI is InChI=1S/C23H22ClN3O3S/c24-17-4-6-19(7-5-17)30-23(8-10-29-11-9-23)22(28)27-18-3-1-2-15(12-18)16-13-20(21(25)26)31-14-16/h1-7,12-14H,8-11H2,(H3,25,26)(H,27,28). The van der Waals surface area contributed by atoms with Gasteiger partial charge in [-0.1, -0.05) is 23.7 Å². The summed E-state index contributed by atoms with van der Waals surface area (Å²) in [6.45, 7) is 0.896. The van der Waals surface area contributed by atoms with Gasteiger partial charge in [0.15, 0.2) is 5.60 Å². The fourth-order valence-electron chi connectivity index (χ4n) is 3.46. The summed E-state index contributed by atoms with van der Waals surface area (Å²) in [6, 6.07) is 16.4. The monoisotopic (exact) mass is 455 g/mol. The summed E-state index contributed by atoms with van der Waals surface area (Å²) < 4.78 is 11.7. The number of amides is 1. The molecule has 1 amide bonds. The molecule has 160 valence electrons. The van der Waals surface area contributed by atoms with E-state index in [1.165, 1.54) is 11.3 Å². The molecular weight excluding hydrogens is 434 g/mol. The molecule has 1 aromatic heterocycles. The molecule has 1 aliphatic rings. The number of hydrogen-bond donors (Lipinski definition) is 3. The Kier molecular flexibility index (Phi) is 6.27. The Hall–Kier alpha value is -2.87. The molecule has 3 aromatic rings. The number of carbonyl (C=O) groups excluding carboxylic acids is 1. The lowest BCUT2D eigenvalue weighted by Crippen LogP contribution is -2.51. The number of nitrogens with one attached hydrogen (secondary N) is 2. The van der Waals surface area contributed by atoms with Gasteiger partial charge in [0.1, 0.15) is 11.6 Å². The lowest BCUT2D eigenvalue weighted by Gasteiger charge is -2.36. The third kappa shape index (κ3) is 4.90. The minimum Gasteiger partial charge on any atom is -0.477 e. The molecule has 0 bridgehead atoms. The van der Waals surface area contributed by atoms with Crippen LogP contribution in [0.5, 0.6) is 5.75 Å². The molecule has 1 fully saturated rings. The summed E-state index contributed by atoms with van der Waals surface area (Å²) in [5, 5.41) is 13.2. The van der Waals surface area contributed by atoms with Crippen molar-refractivity contribution in [2.75, 3.05) is 18.5 Å². The maximum Gasteiger partial charge on any atom is 0.268 e. The molecule has 0 saturated carbocycles. The summed E-state index contributed by atoms with van der Waals surface area (Å²) >= 11 is 7.39. The Labute approximate surface area is 189 Å². The van der Waals surface area contributed by atoms with Crippen molar-refractivity contribution in [1.82, 2.24) is 0 Å². The van der Waals surface area contributed by atoms with Crippen molar-refractivity contribution >= 4 is 40.4 Å². The number of thiophene rings is 1. The SMILES string of the molecule is N=C(N)c1cc(-c2cccc(NC(=O)C3(Oc4ccc(Cl)cc4)CCOCC3)c2)cs1. The van der Waals surface area contributed by atoms with Gasteiger partial charge in [-0.3, -0.25) is 10.2 Å². The molecule has 0 atom stereocenters. The van der Waals surface area contributed by atoms with E-state index in [1.807, 2.05) is 35.7 Å². The molecule has 0 aliphatic carbocycles. The molecule has 4 N–H and O–H groups in total. The van der Waals surface area contributed by atoms with Crippen LogP contribution in [0.1, 0.15) is 17.7 Å². The van der Waals surface area contributed by atoms with Gasteiger partial charge in [-0.05, 0) is 59.0 Å². The summed E-state index contributed by atoms with van der Waals surface area (Å²) in [5.41, 5.74) is 7.10. The second-order valence-electron chi connectivity index (χ2n) is 7.31. The van der Waals surface area contributed by atoms with E-state index in [1.54, 1.807) is 24.3 Å². The first-order chi connectivity index (χ1) is 14.9. The first-order valence-electron chi connectivity index (χ1n) is 9.82. The highest BCUT2D eigenvalue weighted by Crippen LogP contribution is 2.32. The highest BCUT2D eigenvalue weighted by Gasteiger charge is 2.42. The Bertz CT molecular complexity index is 1090. The van der Waals surface area contributed by atoms with Crippen molar-refractivity contribution in [3.63, 3.8) is 0 Å². The van der Waals surface area contributed by atoms with Gasteiger partial charge in [0.05, 0.1) is 18.1 Å². The number of ether oxygens (including phenoxy) is 2. The lowest BCUT2D eigenvalue weighted by molar-refractivity contribution is -0.139. The average Bonchev–Trinajstić information content (AvgIpc) is 3.27. The van der Waals surface area contributed by atoms with Gasteiger partial charge in [0.2, 0.25) is 0 Å². The quantitative estimate of drug-likeness (QED) is 0.363. The predicted octanol–water partition coefficient (Wildman–Crippen LogP) is 4.92. The third-order valence-electron chi connectivity index (χ3n) is 5.16. The average molecular weight is 456 g/mol. The van der Waals surface area contributed by atoms with Gasteiger partial charge in [0.25, 0.3) is 5.91 Å². The molecular formula is C23H22ClN3O3S. The predicted molar refractivity (Wildman–Crippen MR) is 124 cm³/mol. The van der Waals surface area contributed by atoms with E-state index in [4.69, 9.17) is 32.2 Å². The number of amidine groups is 1. The number of anilines is 1. The second-order valence-corrected chi connectivity index (χ2v) is 8.66. The highest BCUT2D eigenvalue weighted by molar-refractivity contribution is 7.12. The van der Waals surface area contributed by atoms with Crippen molar-refractivity contribution in [1.29, 1.82) is 5.41 Å². The normalized spacial score (nSPS) is 15.3. The van der Waals surface area contributed by atoms with E-state index < -0.39 is 5.60 Å². The zero-order chi connectivity index (χ0) is 21.8. The van der Waals surface area contributed by atoms with E-state index in [9.17, 15) is 4.79 Å². The van der Waals surface area contributed by atoms with Gasteiger partial charge in [0, 0.05) is 23.6 Å². The molecule has 0 unspecified atom stereocenters. The molecule has 0 spiro atoms. The minimum atomic E-state index is -1.02. The van der Waals surface area contributed by atoms with Crippen molar-refractivity contribution in [3.8, 4) is 16.9 Å². The van der Waals surface area contributed by atoms with Gasteiger partial charge >= 0.3 is 0 Å². The molecule has 31 heavy (non-hydrogen) atoms. The van der Waals surface area contributed by atoms with Gasteiger partial charge in [-0.2, -0.15) is 0 Å². The molecule has 1 aliphatic heterocycles. The van der Waals surface area contributed by atoms with Gasteiger partial charge in [-0.25, -0.2) is 0 Å². The third-order valence-corrected chi connectivity index (χ3v) is 6.38. The molecule has 2 heterocycles. The van der Waals surface area contributed by atoms with E-state index in [-0.39, 0.29) is 11.7 Å². The van der Waals surface area contributed by atoms with E-state index in [0.717, 1.165) is 11.1 Å². The van der Waals surface area contributed by atoms with Crippen LogP contribution in [0.15, 0.2) is 60.0 Å². The number of hydrogen-bond acceptors (Lipinski definition) is 5. The van der Waals surface area contributed by atoms with E-state index in [2.05, 4.69) is 5.32 Å². The largest absolute Gasteiger partial charge is 0.477 e. The number of benzene rings is 2. The van der Waals surface area contributed by atoms with Crippen molar-refractivity contribution in [3.05, 3.63) is 69.9 Å². The summed E-state index contributed by atoms with van der Waals surface area (Å²) in [6.07, 6.45) is 0.904. The second kappa shape index (κ2) is 9.09. The maximum atomic E-state index is 13.3. The van der Waals surface area contributed by atoms with Crippen LogP contribution < -0.4 is 15.8 Å². The number of rotatable bonds is 6. The van der Waals surface area contributed by atoms with Crippen molar-refractivity contribution < 1.29 is 14.3 Å². The molecule has 0 radical (unpaired) electrons. The fourth-order valence-corrected chi connectivity index (χ4v) is 4.36. The topological polar surface area (TPSA) is 97.4 Å². The fraction of sp³-hybridized carbons (Fsp3) is 0.217. The van der Waals surface area contributed by atoms with Gasteiger partial charge in [-0.15, -0.1) is 11.3 Å². The molecule has 6 nitrogen and oxygen atoms in total. The smallest absolute Gasteiger partial charge is 0.268 e. The summed E-state index contributed by atoms with van der Waals surface area (Å²) in [5.74, 6) is 0.421. The molecule has 1 saturated heterocycles. The van der Waals surface area contributed by atoms with Crippen LogP contribution in [-0.2, 0) is 9.53 Å². The molecule has 2 aromatic carbocycles. The Morgan fingerprint density at radius 1 is 1.13 bits per heavy atom. The first kappa shape index (κ1) is 21.4. The minimum absolute atomic E-state index is 0.0431. The van der Waals surface area contributed by atoms with Crippen LogP contribution in [0.25, 0.3) is 11.1 Å². The zero-order valence-corrected chi connectivity index (χ0v) is 18.3. The lowest BCUT2D eigenvalue weighted by atomic mass is 9.92. The van der Waals surface area contributed by atoms with Crippen LogP contribution in [0.3, 0.4) is 0 Å². The van der Waals surface area contributed by atoms with E-state index in [0.29, 0.717) is 47.4 Å². The number of nitrogen functional groups attached to an aromatic ring is 1. The number of nitrogens with two attached hydrogens (primary N) is 1. The number of halogens is 1. The Balaban J connectivity index is 1.55.